The number of hydrogen-bond acceptors (Lipinski definition) is 2. The van der Waals surface area contributed by atoms with Crippen LogP contribution in [0, 0.1) is 0 Å². The zero-order valence-electron chi connectivity index (χ0n) is 10.9. The number of halogens is 1. The maximum absolute atomic E-state index is 11.7. The summed E-state index contributed by atoms with van der Waals surface area (Å²) in [7, 11) is 0. The second kappa shape index (κ2) is 5.89. The predicted octanol–water partition coefficient (Wildman–Crippen LogP) is 4.57. The first-order valence-corrected chi connectivity index (χ1v) is 6.51. The lowest BCUT2D eigenvalue weighted by molar-refractivity contribution is 0.0378. The van der Waals surface area contributed by atoms with Crippen molar-refractivity contribution in [3.8, 4) is 11.1 Å². The van der Waals surface area contributed by atoms with Crippen LogP contribution in [0.3, 0.4) is 0 Å². The minimum Gasteiger partial charge on any atom is -0.459 e. The fraction of sp³-hybridized carbons (Fsp3) is 0.188. The quantitative estimate of drug-likeness (QED) is 0.766. The molecule has 0 atom stereocenters. The van der Waals surface area contributed by atoms with Crippen molar-refractivity contribution in [1.29, 1.82) is 0 Å². The largest absolute Gasteiger partial charge is 0.459 e. The summed E-state index contributed by atoms with van der Waals surface area (Å²) >= 11 is 6.14. The van der Waals surface area contributed by atoms with Gasteiger partial charge in [-0.15, -0.1) is 0 Å². The number of esters is 1. The Hall–Kier alpha value is -1.80. The molecule has 0 amide bonds. The van der Waals surface area contributed by atoms with Gasteiger partial charge in [-0.25, -0.2) is 4.79 Å². The molecule has 0 aromatic heterocycles. The van der Waals surface area contributed by atoms with Gasteiger partial charge < -0.3 is 4.74 Å². The first-order chi connectivity index (χ1) is 9.08. The number of ether oxygens (including phenoxy) is 1. The molecule has 0 heterocycles. The third kappa shape index (κ3) is 3.36. The van der Waals surface area contributed by atoms with Crippen LogP contribution in [0.4, 0.5) is 0 Å². The molecule has 0 aliphatic rings. The van der Waals surface area contributed by atoms with E-state index in [1.807, 2.05) is 50.2 Å². The molecule has 98 valence electrons. The number of hydrogen-bond donors (Lipinski definition) is 0. The lowest BCUT2D eigenvalue weighted by Crippen LogP contribution is -2.11. The first kappa shape index (κ1) is 13.6. The highest BCUT2D eigenvalue weighted by molar-refractivity contribution is 6.33. The van der Waals surface area contributed by atoms with Crippen LogP contribution < -0.4 is 0 Å². The smallest absolute Gasteiger partial charge is 0.338 e. The molecule has 2 aromatic carbocycles. The van der Waals surface area contributed by atoms with E-state index in [9.17, 15) is 4.79 Å². The van der Waals surface area contributed by atoms with Crippen LogP contribution in [0.5, 0.6) is 0 Å². The van der Waals surface area contributed by atoms with Gasteiger partial charge in [0, 0.05) is 10.6 Å². The minimum atomic E-state index is -0.305. The number of carbonyl (C=O) groups excluding carboxylic acids is 1. The van der Waals surface area contributed by atoms with Gasteiger partial charge in [0.25, 0.3) is 0 Å². The van der Waals surface area contributed by atoms with E-state index in [2.05, 4.69) is 0 Å². The van der Waals surface area contributed by atoms with Crippen molar-refractivity contribution in [2.45, 2.75) is 20.0 Å². The summed E-state index contributed by atoms with van der Waals surface area (Å²) in [5.41, 5.74) is 2.48. The minimum absolute atomic E-state index is 0.115. The van der Waals surface area contributed by atoms with E-state index >= 15 is 0 Å². The standard InChI is InChI=1S/C16H15ClO2/c1-11(2)19-16(18)13-9-7-12(8-10-13)14-5-3-4-6-15(14)17/h3-11H,1-2H3. The van der Waals surface area contributed by atoms with E-state index in [0.717, 1.165) is 11.1 Å². The molecule has 0 saturated heterocycles. The Kier molecular flexibility index (Phi) is 4.23. The lowest BCUT2D eigenvalue weighted by atomic mass is 10.0. The van der Waals surface area contributed by atoms with E-state index in [-0.39, 0.29) is 12.1 Å². The summed E-state index contributed by atoms with van der Waals surface area (Å²) in [5.74, 6) is -0.305. The third-order valence-corrected chi connectivity index (χ3v) is 2.98. The molecule has 2 aromatic rings. The van der Waals surface area contributed by atoms with Gasteiger partial charge in [0.2, 0.25) is 0 Å². The predicted molar refractivity (Wildman–Crippen MR) is 77.4 cm³/mol. The molecule has 0 spiro atoms. The van der Waals surface area contributed by atoms with Crippen molar-refractivity contribution in [3.63, 3.8) is 0 Å². The van der Waals surface area contributed by atoms with Crippen LogP contribution in [0.2, 0.25) is 5.02 Å². The van der Waals surface area contributed by atoms with Crippen LogP contribution in [-0.2, 0) is 4.74 Å². The fourth-order valence-electron chi connectivity index (χ4n) is 1.76. The van der Waals surface area contributed by atoms with Crippen molar-refractivity contribution >= 4 is 17.6 Å². The van der Waals surface area contributed by atoms with Gasteiger partial charge in [0.05, 0.1) is 11.7 Å². The molecule has 0 fully saturated rings. The molecule has 0 aliphatic carbocycles. The summed E-state index contributed by atoms with van der Waals surface area (Å²) in [6.45, 7) is 3.66. The second-order valence-electron chi connectivity index (χ2n) is 4.51. The van der Waals surface area contributed by atoms with E-state index in [0.29, 0.717) is 10.6 Å². The van der Waals surface area contributed by atoms with Crippen LogP contribution in [0.1, 0.15) is 24.2 Å². The molecule has 0 N–H and O–H groups in total. The Morgan fingerprint density at radius 3 is 2.26 bits per heavy atom. The van der Waals surface area contributed by atoms with Crippen molar-refractivity contribution < 1.29 is 9.53 Å². The summed E-state index contributed by atoms with van der Waals surface area (Å²) in [5, 5.41) is 0.694. The molecule has 0 saturated carbocycles. The fourth-order valence-corrected chi connectivity index (χ4v) is 2.01. The SMILES string of the molecule is CC(C)OC(=O)c1ccc(-c2ccccc2Cl)cc1. The maximum Gasteiger partial charge on any atom is 0.338 e. The molecule has 2 nitrogen and oxygen atoms in total. The van der Waals surface area contributed by atoms with Crippen LogP contribution in [-0.4, -0.2) is 12.1 Å². The number of carbonyl (C=O) groups is 1. The Labute approximate surface area is 118 Å². The first-order valence-electron chi connectivity index (χ1n) is 6.14. The normalized spacial score (nSPS) is 10.5. The van der Waals surface area contributed by atoms with E-state index in [1.54, 1.807) is 12.1 Å². The molecule has 0 aliphatic heterocycles. The van der Waals surface area contributed by atoms with Crippen molar-refractivity contribution in [3.05, 3.63) is 59.1 Å². The Morgan fingerprint density at radius 1 is 1.05 bits per heavy atom. The Bertz CT molecular complexity index is 574. The van der Waals surface area contributed by atoms with E-state index in [1.165, 1.54) is 0 Å². The van der Waals surface area contributed by atoms with Gasteiger partial charge in [-0.3, -0.25) is 0 Å². The van der Waals surface area contributed by atoms with E-state index < -0.39 is 0 Å². The molecule has 0 unspecified atom stereocenters. The molecule has 2 rings (SSSR count). The van der Waals surface area contributed by atoms with Crippen LogP contribution in [0.15, 0.2) is 48.5 Å². The maximum atomic E-state index is 11.7. The topological polar surface area (TPSA) is 26.3 Å². The van der Waals surface area contributed by atoms with Gasteiger partial charge in [-0.2, -0.15) is 0 Å². The zero-order valence-corrected chi connectivity index (χ0v) is 11.6. The molecule has 3 heteroatoms. The summed E-state index contributed by atoms with van der Waals surface area (Å²) in [6.07, 6.45) is -0.115. The molecular weight excluding hydrogens is 260 g/mol. The van der Waals surface area contributed by atoms with Crippen LogP contribution >= 0.6 is 11.6 Å². The highest BCUT2D eigenvalue weighted by Gasteiger charge is 2.09. The monoisotopic (exact) mass is 274 g/mol. The van der Waals surface area contributed by atoms with Crippen molar-refractivity contribution in [1.82, 2.24) is 0 Å². The molecular formula is C16H15ClO2. The van der Waals surface area contributed by atoms with Gasteiger partial charge in [0.15, 0.2) is 0 Å². The Morgan fingerprint density at radius 2 is 1.68 bits per heavy atom. The lowest BCUT2D eigenvalue weighted by Gasteiger charge is -2.09. The van der Waals surface area contributed by atoms with Gasteiger partial charge in [-0.1, -0.05) is 41.9 Å². The Balaban J connectivity index is 2.24. The van der Waals surface area contributed by atoms with E-state index in [4.69, 9.17) is 16.3 Å². The van der Waals surface area contributed by atoms with Crippen molar-refractivity contribution in [2.75, 3.05) is 0 Å². The third-order valence-electron chi connectivity index (χ3n) is 2.65. The molecule has 19 heavy (non-hydrogen) atoms. The summed E-state index contributed by atoms with van der Waals surface area (Å²) in [4.78, 5) is 11.7. The van der Waals surface area contributed by atoms with Crippen LogP contribution in [0.25, 0.3) is 11.1 Å². The van der Waals surface area contributed by atoms with Crippen molar-refractivity contribution in [2.24, 2.45) is 0 Å². The average Bonchev–Trinajstić information content (AvgIpc) is 2.39. The second-order valence-corrected chi connectivity index (χ2v) is 4.92. The highest BCUT2D eigenvalue weighted by atomic mass is 35.5. The number of benzene rings is 2. The summed E-state index contributed by atoms with van der Waals surface area (Å²) in [6, 6.07) is 14.9. The average molecular weight is 275 g/mol. The number of rotatable bonds is 3. The highest BCUT2D eigenvalue weighted by Crippen LogP contribution is 2.27. The molecule has 0 radical (unpaired) electrons. The van der Waals surface area contributed by atoms with Gasteiger partial charge in [-0.05, 0) is 37.6 Å². The zero-order chi connectivity index (χ0) is 13.8. The summed E-state index contributed by atoms with van der Waals surface area (Å²) < 4.78 is 5.14. The van der Waals surface area contributed by atoms with Gasteiger partial charge >= 0.3 is 5.97 Å². The van der Waals surface area contributed by atoms with Gasteiger partial charge in [0.1, 0.15) is 0 Å². The molecule has 0 bridgehead atoms.